The van der Waals surface area contributed by atoms with E-state index in [1.54, 1.807) is 0 Å². The fraction of sp³-hybridized carbons (Fsp3) is 0.816. The first-order valence-corrected chi connectivity index (χ1v) is 18.7. The predicted octanol–water partition coefficient (Wildman–Crippen LogP) is 2.51. The Morgan fingerprint density at radius 2 is 1.44 bits per heavy atom. The molecule has 1 aliphatic heterocycles. The monoisotopic (exact) mass is 766 g/mol. The SMILES string of the molecule is COC(=O)C1O[C@@H](O[C@@H]2CCC3(C)C(CCC4C3C(=O)CC3(C)C4CC[C@]3(O)C(COC(C)=O)OC(C)=O)C2)[C@H](OC(C)=O)[C@@H](OC(C)=O)[C@@H]1OC(C)=O. The summed E-state index contributed by atoms with van der Waals surface area (Å²) in [6.45, 7) is 9.56. The molecule has 302 valence electrons. The molecule has 5 rings (SSSR count). The van der Waals surface area contributed by atoms with Crippen LogP contribution in [-0.2, 0) is 71.5 Å². The van der Waals surface area contributed by atoms with Crippen molar-refractivity contribution in [3.8, 4) is 0 Å². The molecule has 1 heterocycles. The van der Waals surface area contributed by atoms with E-state index in [4.69, 9.17) is 37.9 Å². The first kappa shape index (κ1) is 41.5. The summed E-state index contributed by atoms with van der Waals surface area (Å²) in [7, 11) is 1.12. The third kappa shape index (κ3) is 7.75. The van der Waals surface area contributed by atoms with Gasteiger partial charge < -0.3 is 43.0 Å². The topological polar surface area (TPSA) is 214 Å². The van der Waals surface area contributed by atoms with E-state index in [0.717, 1.165) is 34.3 Å². The van der Waals surface area contributed by atoms with Crippen molar-refractivity contribution in [2.24, 2.45) is 34.5 Å². The number of rotatable bonds is 10. The van der Waals surface area contributed by atoms with Crippen LogP contribution in [-0.4, -0.2) is 109 Å². The van der Waals surface area contributed by atoms with Crippen LogP contribution in [0.5, 0.6) is 0 Å². The normalized spacial score (nSPS) is 40.4. The maximum atomic E-state index is 14.4. The molecule has 5 fully saturated rings. The lowest BCUT2D eigenvalue weighted by Gasteiger charge is -2.61. The largest absolute Gasteiger partial charge is 0.467 e. The maximum Gasteiger partial charge on any atom is 0.339 e. The lowest BCUT2D eigenvalue weighted by molar-refractivity contribution is -0.314. The summed E-state index contributed by atoms with van der Waals surface area (Å²) in [6.07, 6.45) is -4.94. The van der Waals surface area contributed by atoms with Crippen molar-refractivity contribution in [3.63, 3.8) is 0 Å². The molecule has 16 heteroatoms. The molecule has 0 aromatic heterocycles. The molecular formula is C38H54O16. The third-order valence-electron chi connectivity index (χ3n) is 13.0. The minimum absolute atomic E-state index is 0.0331. The van der Waals surface area contributed by atoms with Gasteiger partial charge in [-0.05, 0) is 68.1 Å². The van der Waals surface area contributed by atoms with E-state index in [2.05, 4.69) is 6.92 Å². The van der Waals surface area contributed by atoms with Crippen LogP contribution in [0, 0.1) is 34.5 Å². The lowest BCUT2D eigenvalue weighted by atomic mass is 9.44. The number of hydrogen-bond acceptors (Lipinski definition) is 16. The predicted molar refractivity (Wildman–Crippen MR) is 181 cm³/mol. The van der Waals surface area contributed by atoms with Gasteiger partial charge in [0.15, 0.2) is 36.8 Å². The molecule has 4 saturated carbocycles. The molecule has 5 aliphatic rings. The average molecular weight is 767 g/mol. The average Bonchev–Trinajstić information content (AvgIpc) is 3.34. The number of ketones is 1. The number of carbonyl (C=O) groups is 7. The van der Waals surface area contributed by atoms with Gasteiger partial charge in [-0.25, -0.2) is 4.79 Å². The highest BCUT2D eigenvalue weighted by Crippen LogP contribution is 2.68. The number of aliphatic hydroxyl groups is 1. The van der Waals surface area contributed by atoms with Crippen LogP contribution in [0.4, 0.5) is 0 Å². The zero-order valence-corrected chi connectivity index (χ0v) is 32.3. The van der Waals surface area contributed by atoms with Crippen LogP contribution >= 0.6 is 0 Å². The fourth-order valence-corrected chi connectivity index (χ4v) is 10.8. The van der Waals surface area contributed by atoms with E-state index < -0.39 is 95.2 Å². The van der Waals surface area contributed by atoms with Crippen LogP contribution in [0.15, 0.2) is 0 Å². The number of carbonyl (C=O) groups excluding carboxylic acids is 7. The van der Waals surface area contributed by atoms with Crippen LogP contribution < -0.4 is 0 Å². The molecule has 0 aromatic rings. The van der Waals surface area contributed by atoms with E-state index in [0.29, 0.717) is 32.1 Å². The summed E-state index contributed by atoms with van der Waals surface area (Å²) < 4.78 is 44.6. The van der Waals surface area contributed by atoms with Crippen LogP contribution in [0.25, 0.3) is 0 Å². The van der Waals surface area contributed by atoms with Gasteiger partial charge in [0, 0.05) is 52.4 Å². The van der Waals surface area contributed by atoms with Gasteiger partial charge in [-0.1, -0.05) is 13.8 Å². The Labute approximate surface area is 314 Å². The van der Waals surface area contributed by atoms with Gasteiger partial charge in [0.2, 0.25) is 0 Å². The van der Waals surface area contributed by atoms with E-state index in [-0.39, 0.29) is 48.9 Å². The molecule has 0 bridgehead atoms. The molecular weight excluding hydrogens is 712 g/mol. The summed E-state index contributed by atoms with van der Waals surface area (Å²) in [5.41, 5.74) is -2.91. The van der Waals surface area contributed by atoms with Crippen molar-refractivity contribution in [1.29, 1.82) is 0 Å². The van der Waals surface area contributed by atoms with E-state index in [1.165, 1.54) is 13.8 Å². The van der Waals surface area contributed by atoms with Crippen LogP contribution in [0.2, 0.25) is 0 Å². The van der Waals surface area contributed by atoms with Gasteiger partial charge in [-0.15, -0.1) is 0 Å². The van der Waals surface area contributed by atoms with Gasteiger partial charge in [0.05, 0.1) is 13.2 Å². The Morgan fingerprint density at radius 3 is 2.04 bits per heavy atom. The van der Waals surface area contributed by atoms with Crippen molar-refractivity contribution in [2.45, 2.75) is 148 Å². The Hall–Kier alpha value is -3.63. The van der Waals surface area contributed by atoms with Crippen molar-refractivity contribution in [1.82, 2.24) is 0 Å². The Balaban J connectivity index is 1.37. The minimum Gasteiger partial charge on any atom is -0.467 e. The number of hydrogen-bond donors (Lipinski definition) is 1. The molecule has 54 heavy (non-hydrogen) atoms. The number of Topliss-reactive ketones (excluding diaryl/α,β-unsaturated/α-hetero) is 1. The van der Waals surface area contributed by atoms with Gasteiger partial charge in [0.1, 0.15) is 18.0 Å². The Bertz CT molecular complexity index is 1510. The van der Waals surface area contributed by atoms with Gasteiger partial charge in [-0.3, -0.25) is 28.8 Å². The summed E-state index contributed by atoms with van der Waals surface area (Å²) in [5, 5.41) is 12.3. The number of ether oxygens (including phenoxy) is 8. The molecule has 1 N–H and O–H groups in total. The molecule has 0 radical (unpaired) electrons. The number of methoxy groups -OCH3 is 1. The second kappa shape index (κ2) is 15.8. The third-order valence-corrected chi connectivity index (χ3v) is 13.0. The highest BCUT2D eigenvalue weighted by molar-refractivity contribution is 5.84. The quantitative estimate of drug-likeness (QED) is 0.192. The first-order chi connectivity index (χ1) is 25.2. The molecule has 14 atom stereocenters. The van der Waals surface area contributed by atoms with Gasteiger partial charge in [0.25, 0.3) is 0 Å². The zero-order chi connectivity index (χ0) is 39.9. The van der Waals surface area contributed by atoms with Crippen LogP contribution in [0.1, 0.15) is 99.8 Å². The number of fused-ring (bicyclic) bond motifs is 5. The molecule has 0 aromatic carbocycles. The smallest absolute Gasteiger partial charge is 0.339 e. The molecule has 4 aliphatic carbocycles. The van der Waals surface area contributed by atoms with Crippen molar-refractivity contribution in [2.75, 3.05) is 13.7 Å². The van der Waals surface area contributed by atoms with E-state index >= 15 is 0 Å². The van der Waals surface area contributed by atoms with E-state index in [9.17, 15) is 38.7 Å². The van der Waals surface area contributed by atoms with Gasteiger partial charge >= 0.3 is 35.8 Å². The molecule has 16 nitrogen and oxygen atoms in total. The van der Waals surface area contributed by atoms with Gasteiger partial charge in [-0.2, -0.15) is 0 Å². The van der Waals surface area contributed by atoms with Crippen molar-refractivity contribution < 1.29 is 76.6 Å². The van der Waals surface area contributed by atoms with Crippen molar-refractivity contribution >= 4 is 41.6 Å². The van der Waals surface area contributed by atoms with Crippen molar-refractivity contribution in [3.05, 3.63) is 0 Å². The Morgan fingerprint density at radius 1 is 0.815 bits per heavy atom. The second-order valence-corrected chi connectivity index (χ2v) is 16.2. The van der Waals surface area contributed by atoms with Crippen LogP contribution in [0.3, 0.4) is 0 Å². The highest BCUT2D eigenvalue weighted by Gasteiger charge is 2.70. The molecule has 1 saturated heterocycles. The molecule has 0 amide bonds. The highest BCUT2D eigenvalue weighted by atomic mass is 16.7. The summed E-state index contributed by atoms with van der Waals surface area (Å²) in [4.78, 5) is 87.7. The summed E-state index contributed by atoms with van der Waals surface area (Å²) >= 11 is 0. The lowest BCUT2D eigenvalue weighted by Crippen LogP contribution is -2.65. The molecule has 8 unspecified atom stereocenters. The summed E-state index contributed by atoms with van der Waals surface area (Å²) in [5.74, 6) is -4.76. The number of esters is 6. The summed E-state index contributed by atoms with van der Waals surface area (Å²) in [6, 6.07) is 0. The zero-order valence-electron chi connectivity index (χ0n) is 32.3. The minimum atomic E-state index is -1.58. The maximum absolute atomic E-state index is 14.4. The first-order valence-electron chi connectivity index (χ1n) is 18.7. The standard InChI is InChI=1S/C38H54O16/c1-18(39)48-17-28(49-19(2)40)38(46)14-12-26-25-10-9-23-15-24(11-13-36(23,6)29(25)27(44)16-37(26,38)7)53-35-33(52-22(5)43)31(51-21(4)42)30(50-20(3)41)32(54-35)34(45)47-8/h23-26,28-33,35,46H,9-17H2,1-8H3/t23?,24-,25?,26?,28?,29?,30+,31+,32?,33-,35-,36?,37?,38+/m1/s1. The second-order valence-electron chi connectivity index (χ2n) is 16.2. The van der Waals surface area contributed by atoms with E-state index in [1.807, 2.05) is 6.92 Å². The fourth-order valence-electron chi connectivity index (χ4n) is 10.8. The Kier molecular flexibility index (Phi) is 12.2. The molecule has 0 spiro atoms.